The van der Waals surface area contributed by atoms with E-state index in [0.29, 0.717) is 12.1 Å². The standard InChI is InChI=1S/C14H17BrFNOS/c1-19-14(7-2-3-8-14)9-17-13(18)10-5-4-6-11(16)12(10)15/h4-6H,2-3,7-9H2,1H3,(H,17,18). The Morgan fingerprint density at radius 3 is 2.79 bits per heavy atom. The lowest BCUT2D eigenvalue weighted by atomic mass is 10.1. The van der Waals surface area contributed by atoms with Crippen LogP contribution in [0.25, 0.3) is 0 Å². The summed E-state index contributed by atoms with van der Waals surface area (Å²) in [5.41, 5.74) is 0.356. The summed E-state index contributed by atoms with van der Waals surface area (Å²) in [6.07, 6.45) is 6.81. The number of amides is 1. The van der Waals surface area contributed by atoms with Crippen LogP contribution in [0.2, 0.25) is 0 Å². The largest absolute Gasteiger partial charge is 0.351 e. The Morgan fingerprint density at radius 2 is 2.16 bits per heavy atom. The molecule has 1 aromatic rings. The third-order valence-electron chi connectivity index (χ3n) is 3.72. The number of carbonyl (C=O) groups is 1. The lowest BCUT2D eigenvalue weighted by Crippen LogP contribution is -2.38. The number of carbonyl (C=O) groups excluding carboxylic acids is 1. The van der Waals surface area contributed by atoms with Crippen LogP contribution in [0.1, 0.15) is 36.0 Å². The van der Waals surface area contributed by atoms with Gasteiger partial charge in [-0.3, -0.25) is 4.79 Å². The van der Waals surface area contributed by atoms with Crippen molar-refractivity contribution in [2.45, 2.75) is 30.4 Å². The molecule has 0 heterocycles. The van der Waals surface area contributed by atoms with Gasteiger partial charge < -0.3 is 5.32 Å². The maximum absolute atomic E-state index is 13.4. The van der Waals surface area contributed by atoms with E-state index in [4.69, 9.17) is 0 Å². The first kappa shape index (κ1) is 14.9. The van der Waals surface area contributed by atoms with E-state index in [2.05, 4.69) is 27.5 Å². The maximum Gasteiger partial charge on any atom is 0.252 e. The lowest BCUT2D eigenvalue weighted by Gasteiger charge is -2.27. The van der Waals surface area contributed by atoms with Gasteiger partial charge in [-0.25, -0.2) is 4.39 Å². The molecule has 1 N–H and O–H groups in total. The number of nitrogens with one attached hydrogen (secondary N) is 1. The minimum atomic E-state index is -0.409. The lowest BCUT2D eigenvalue weighted by molar-refractivity contribution is 0.0948. The maximum atomic E-state index is 13.4. The van der Waals surface area contributed by atoms with Crippen LogP contribution in [0, 0.1) is 5.82 Å². The van der Waals surface area contributed by atoms with Gasteiger partial charge in [0.15, 0.2) is 0 Å². The topological polar surface area (TPSA) is 29.1 Å². The number of hydrogen-bond donors (Lipinski definition) is 1. The molecule has 1 aliphatic rings. The average Bonchev–Trinajstić information content (AvgIpc) is 2.89. The quantitative estimate of drug-likeness (QED) is 0.893. The zero-order valence-corrected chi connectivity index (χ0v) is 13.2. The minimum Gasteiger partial charge on any atom is -0.351 e. The fraction of sp³-hybridized carbons (Fsp3) is 0.500. The van der Waals surface area contributed by atoms with Gasteiger partial charge in [0.2, 0.25) is 0 Å². The molecular weight excluding hydrogens is 329 g/mol. The van der Waals surface area contributed by atoms with E-state index in [0.717, 1.165) is 12.8 Å². The summed E-state index contributed by atoms with van der Waals surface area (Å²) in [5, 5.41) is 2.94. The minimum absolute atomic E-state index is 0.162. The summed E-state index contributed by atoms with van der Waals surface area (Å²) in [7, 11) is 0. The molecule has 104 valence electrons. The van der Waals surface area contributed by atoms with Gasteiger partial charge in [-0.05, 0) is 47.2 Å². The Hall–Kier alpha value is -0.550. The predicted molar refractivity (Wildman–Crippen MR) is 81.1 cm³/mol. The van der Waals surface area contributed by atoms with Crippen molar-refractivity contribution in [3.63, 3.8) is 0 Å². The SMILES string of the molecule is CSC1(CNC(=O)c2cccc(F)c2Br)CCCC1. The van der Waals surface area contributed by atoms with Gasteiger partial charge in [0, 0.05) is 11.3 Å². The first-order valence-electron chi connectivity index (χ1n) is 6.35. The molecule has 1 amide bonds. The summed E-state index contributed by atoms with van der Waals surface area (Å²) in [6, 6.07) is 4.51. The Morgan fingerprint density at radius 1 is 1.47 bits per heavy atom. The predicted octanol–water partition coefficient (Wildman–Crippen LogP) is 3.99. The van der Waals surface area contributed by atoms with Crippen molar-refractivity contribution < 1.29 is 9.18 Å². The Balaban J connectivity index is 2.03. The first-order valence-corrected chi connectivity index (χ1v) is 8.37. The molecule has 0 saturated heterocycles. The van der Waals surface area contributed by atoms with Crippen LogP contribution in [0.4, 0.5) is 4.39 Å². The van der Waals surface area contributed by atoms with Crippen LogP contribution in [-0.4, -0.2) is 23.5 Å². The molecule has 1 aromatic carbocycles. The zero-order chi connectivity index (χ0) is 13.9. The van der Waals surface area contributed by atoms with Gasteiger partial charge in [0.25, 0.3) is 5.91 Å². The van der Waals surface area contributed by atoms with Gasteiger partial charge in [0.05, 0.1) is 10.0 Å². The third kappa shape index (κ3) is 3.31. The van der Waals surface area contributed by atoms with Crippen molar-refractivity contribution >= 4 is 33.6 Å². The molecule has 0 unspecified atom stereocenters. The van der Waals surface area contributed by atoms with Gasteiger partial charge in [0.1, 0.15) is 5.82 Å². The van der Waals surface area contributed by atoms with Crippen molar-refractivity contribution in [1.82, 2.24) is 5.32 Å². The van der Waals surface area contributed by atoms with Crippen LogP contribution in [0.15, 0.2) is 22.7 Å². The highest BCUT2D eigenvalue weighted by Crippen LogP contribution is 2.39. The van der Waals surface area contributed by atoms with Crippen LogP contribution < -0.4 is 5.32 Å². The summed E-state index contributed by atoms with van der Waals surface area (Å²) in [6.45, 7) is 0.649. The molecule has 0 aromatic heterocycles. The van der Waals surface area contributed by atoms with Crippen molar-refractivity contribution in [3.8, 4) is 0 Å². The number of thioether (sulfide) groups is 1. The Labute approximate surface area is 125 Å². The average molecular weight is 346 g/mol. The molecule has 1 fully saturated rings. The van der Waals surface area contributed by atoms with Crippen molar-refractivity contribution in [2.75, 3.05) is 12.8 Å². The third-order valence-corrected chi connectivity index (χ3v) is 5.94. The second kappa shape index (κ2) is 6.27. The number of halogens is 2. The number of hydrogen-bond acceptors (Lipinski definition) is 2. The van der Waals surface area contributed by atoms with Crippen molar-refractivity contribution in [2.24, 2.45) is 0 Å². The first-order chi connectivity index (χ1) is 9.08. The van der Waals surface area contributed by atoms with E-state index in [1.54, 1.807) is 12.1 Å². The molecule has 0 bridgehead atoms. The second-order valence-electron chi connectivity index (χ2n) is 4.88. The molecule has 0 spiro atoms. The molecular formula is C14H17BrFNOS. The normalized spacial score (nSPS) is 17.4. The van der Waals surface area contributed by atoms with Gasteiger partial charge in [-0.2, -0.15) is 11.8 Å². The fourth-order valence-electron chi connectivity index (χ4n) is 2.49. The van der Waals surface area contributed by atoms with E-state index in [1.165, 1.54) is 18.9 Å². The zero-order valence-electron chi connectivity index (χ0n) is 10.8. The summed E-state index contributed by atoms with van der Waals surface area (Å²) in [5.74, 6) is -0.625. The Bertz CT molecular complexity index is 475. The number of rotatable bonds is 4. The van der Waals surface area contributed by atoms with Crippen LogP contribution >= 0.6 is 27.7 Å². The fourth-order valence-corrected chi connectivity index (χ4v) is 3.85. The molecule has 0 aliphatic heterocycles. The highest BCUT2D eigenvalue weighted by atomic mass is 79.9. The van der Waals surface area contributed by atoms with E-state index in [1.807, 2.05) is 11.8 Å². The summed E-state index contributed by atoms with van der Waals surface area (Å²) in [4.78, 5) is 12.1. The van der Waals surface area contributed by atoms with Crippen LogP contribution in [0.3, 0.4) is 0 Å². The second-order valence-corrected chi connectivity index (χ2v) is 6.95. The van der Waals surface area contributed by atoms with E-state index >= 15 is 0 Å². The molecule has 0 radical (unpaired) electrons. The summed E-state index contributed by atoms with van der Waals surface area (Å²) >= 11 is 4.95. The smallest absolute Gasteiger partial charge is 0.252 e. The molecule has 2 nitrogen and oxygen atoms in total. The molecule has 0 atom stereocenters. The van der Waals surface area contributed by atoms with Crippen LogP contribution in [-0.2, 0) is 0 Å². The summed E-state index contributed by atoms with van der Waals surface area (Å²) < 4.78 is 13.8. The molecule has 1 saturated carbocycles. The van der Waals surface area contributed by atoms with Crippen molar-refractivity contribution in [1.29, 1.82) is 0 Å². The molecule has 19 heavy (non-hydrogen) atoms. The van der Waals surface area contributed by atoms with Gasteiger partial charge in [-0.1, -0.05) is 18.9 Å². The van der Waals surface area contributed by atoms with E-state index in [-0.39, 0.29) is 15.1 Å². The van der Waals surface area contributed by atoms with E-state index in [9.17, 15) is 9.18 Å². The highest BCUT2D eigenvalue weighted by Gasteiger charge is 2.33. The van der Waals surface area contributed by atoms with Crippen molar-refractivity contribution in [3.05, 3.63) is 34.1 Å². The van der Waals surface area contributed by atoms with E-state index < -0.39 is 5.82 Å². The Kier molecular flexibility index (Phi) is 4.90. The molecule has 5 heteroatoms. The van der Waals surface area contributed by atoms with Gasteiger partial charge in [-0.15, -0.1) is 0 Å². The number of benzene rings is 1. The van der Waals surface area contributed by atoms with Gasteiger partial charge >= 0.3 is 0 Å². The molecule has 2 rings (SSSR count). The highest BCUT2D eigenvalue weighted by molar-refractivity contribution is 9.10. The monoisotopic (exact) mass is 345 g/mol. The van der Waals surface area contributed by atoms with Crippen LogP contribution in [0.5, 0.6) is 0 Å². The molecule has 1 aliphatic carbocycles.